The van der Waals surface area contributed by atoms with Crippen LogP contribution in [0.4, 0.5) is 4.39 Å². The predicted molar refractivity (Wildman–Crippen MR) is 94.7 cm³/mol. The average Bonchev–Trinajstić information content (AvgIpc) is 2.68. The van der Waals surface area contributed by atoms with Crippen LogP contribution in [0.2, 0.25) is 0 Å². The first-order valence-electron chi connectivity index (χ1n) is 8.55. The van der Waals surface area contributed by atoms with Gasteiger partial charge >= 0.3 is 0 Å². The SMILES string of the molecule is COc1ccc(C(=O)N[C@@H]2COCC[C@@H]2OCc2ccccc2)c(F)c1. The molecule has 5 nitrogen and oxygen atoms in total. The fraction of sp³-hybridized carbons (Fsp3) is 0.350. The molecule has 0 radical (unpaired) electrons. The Balaban J connectivity index is 1.63. The van der Waals surface area contributed by atoms with Gasteiger partial charge in [-0.3, -0.25) is 4.79 Å². The molecule has 0 spiro atoms. The third kappa shape index (κ3) is 4.59. The van der Waals surface area contributed by atoms with Crippen LogP contribution < -0.4 is 10.1 Å². The van der Waals surface area contributed by atoms with Crippen LogP contribution in [0.5, 0.6) is 5.75 Å². The molecular weight excluding hydrogens is 337 g/mol. The standard InChI is InChI=1S/C20H22FNO4/c1-24-15-7-8-16(17(21)11-15)20(23)22-18-13-25-10-9-19(18)26-12-14-5-3-2-4-6-14/h2-8,11,18-19H,9-10,12-13H2,1H3,(H,22,23)/t18-,19+/m1/s1. The molecule has 1 amide bonds. The van der Waals surface area contributed by atoms with Crippen molar-refractivity contribution in [3.63, 3.8) is 0 Å². The van der Waals surface area contributed by atoms with E-state index in [-0.39, 0.29) is 17.7 Å². The first kappa shape index (κ1) is 18.4. The van der Waals surface area contributed by atoms with E-state index < -0.39 is 11.7 Å². The topological polar surface area (TPSA) is 56.8 Å². The fourth-order valence-electron chi connectivity index (χ4n) is 2.88. The van der Waals surface area contributed by atoms with Crippen molar-refractivity contribution < 1.29 is 23.4 Å². The Hall–Kier alpha value is -2.44. The molecule has 1 N–H and O–H groups in total. The zero-order chi connectivity index (χ0) is 18.4. The van der Waals surface area contributed by atoms with Gasteiger partial charge in [0, 0.05) is 12.7 Å². The Morgan fingerprint density at radius 3 is 2.81 bits per heavy atom. The van der Waals surface area contributed by atoms with Crippen LogP contribution in [0.1, 0.15) is 22.3 Å². The van der Waals surface area contributed by atoms with Gasteiger partial charge in [0.1, 0.15) is 11.6 Å². The second-order valence-corrected chi connectivity index (χ2v) is 6.12. The molecule has 1 aliphatic heterocycles. The minimum Gasteiger partial charge on any atom is -0.497 e. The van der Waals surface area contributed by atoms with Crippen LogP contribution in [-0.2, 0) is 16.1 Å². The fourth-order valence-corrected chi connectivity index (χ4v) is 2.88. The molecule has 3 rings (SSSR count). The minimum absolute atomic E-state index is 0.0295. The first-order chi connectivity index (χ1) is 12.7. The number of halogens is 1. The molecule has 1 heterocycles. The summed E-state index contributed by atoms with van der Waals surface area (Å²) in [6.07, 6.45) is 0.484. The van der Waals surface area contributed by atoms with Gasteiger partial charge < -0.3 is 19.5 Å². The summed E-state index contributed by atoms with van der Waals surface area (Å²) in [5.41, 5.74) is 1.03. The van der Waals surface area contributed by atoms with Gasteiger partial charge in [-0.1, -0.05) is 30.3 Å². The highest BCUT2D eigenvalue weighted by atomic mass is 19.1. The lowest BCUT2D eigenvalue weighted by Crippen LogP contribution is -2.50. The van der Waals surface area contributed by atoms with E-state index in [0.717, 1.165) is 5.56 Å². The molecule has 1 fully saturated rings. The Morgan fingerprint density at radius 2 is 2.08 bits per heavy atom. The Kier molecular flexibility index (Phi) is 6.20. The van der Waals surface area contributed by atoms with Crippen LogP contribution in [0.25, 0.3) is 0 Å². The molecule has 26 heavy (non-hydrogen) atoms. The van der Waals surface area contributed by atoms with Crippen LogP contribution in [0.3, 0.4) is 0 Å². The lowest BCUT2D eigenvalue weighted by Gasteiger charge is -2.32. The molecule has 0 aliphatic carbocycles. The normalized spacial score (nSPS) is 19.8. The van der Waals surface area contributed by atoms with Crippen molar-refractivity contribution in [3.05, 3.63) is 65.5 Å². The van der Waals surface area contributed by atoms with Gasteiger partial charge in [0.15, 0.2) is 0 Å². The molecule has 0 saturated carbocycles. The zero-order valence-corrected chi connectivity index (χ0v) is 14.6. The van der Waals surface area contributed by atoms with E-state index in [1.165, 1.54) is 19.2 Å². The van der Waals surface area contributed by atoms with Crippen LogP contribution >= 0.6 is 0 Å². The number of nitrogens with one attached hydrogen (secondary N) is 1. The van der Waals surface area contributed by atoms with Gasteiger partial charge in [-0.2, -0.15) is 0 Å². The molecule has 0 aromatic heterocycles. The summed E-state index contributed by atoms with van der Waals surface area (Å²) in [4.78, 5) is 12.5. The number of ether oxygens (including phenoxy) is 3. The lowest BCUT2D eigenvalue weighted by atomic mass is 10.1. The molecule has 1 aliphatic rings. The Labute approximate surface area is 152 Å². The number of rotatable bonds is 6. The van der Waals surface area contributed by atoms with Crippen molar-refractivity contribution >= 4 is 5.91 Å². The number of benzene rings is 2. The zero-order valence-electron chi connectivity index (χ0n) is 14.6. The van der Waals surface area contributed by atoms with Crippen molar-refractivity contribution in [1.82, 2.24) is 5.32 Å². The largest absolute Gasteiger partial charge is 0.497 e. The molecule has 1 saturated heterocycles. The van der Waals surface area contributed by atoms with Gasteiger partial charge in [-0.05, 0) is 24.1 Å². The number of amides is 1. The molecule has 2 aromatic rings. The Bertz CT molecular complexity index is 738. The van der Waals surface area contributed by atoms with Crippen LogP contribution in [0.15, 0.2) is 48.5 Å². The van der Waals surface area contributed by atoms with E-state index in [4.69, 9.17) is 14.2 Å². The van der Waals surface area contributed by atoms with Gasteiger partial charge in [-0.25, -0.2) is 4.39 Å². The van der Waals surface area contributed by atoms with E-state index in [1.807, 2.05) is 30.3 Å². The van der Waals surface area contributed by atoms with E-state index in [9.17, 15) is 9.18 Å². The second-order valence-electron chi connectivity index (χ2n) is 6.12. The van der Waals surface area contributed by atoms with E-state index in [1.54, 1.807) is 6.07 Å². The molecular formula is C20H22FNO4. The summed E-state index contributed by atoms with van der Waals surface area (Å²) < 4.78 is 30.5. The summed E-state index contributed by atoms with van der Waals surface area (Å²) >= 11 is 0. The van der Waals surface area contributed by atoms with Crippen molar-refractivity contribution in [2.24, 2.45) is 0 Å². The van der Waals surface area contributed by atoms with Crippen molar-refractivity contribution in [2.45, 2.75) is 25.2 Å². The van der Waals surface area contributed by atoms with E-state index in [0.29, 0.717) is 32.0 Å². The lowest BCUT2D eigenvalue weighted by molar-refractivity contribution is -0.0605. The maximum Gasteiger partial charge on any atom is 0.254 e. The summed E-state index contributed by atoms with van der Waals surface area (Å²) in [6.45, 7) is 1.36. The number of hydrogen-bond acceptors (Lipinski definition) is 4. The highest BCUT2D eigenvalue weighted by molar-refractivity contribution is 5.94. The average molecular weight is 359 g/mol. The van der Waals surface area contributed by atoms with Gasteiger partial charge in [0.05, 0.1) is 38.0 Å². The highest BCUT2D eigenvalue weighted by Crippen LogP contribution is 2.18. The molecule has 0 unspecified atom stereocenters. The number of methoxy groups -OCH3 is 1. The Morgan fingerprint density at radius 1 is 1.27 bits per heavy atom. The number of hydrogen-bond donors (Lipinski definition) is 1. The van der Waals surface area contributed by atoms with Gasteiger partial charge in [-0.15, -0.1) is 0 Å². The number of carbonyl (C=O) groups excluding carboxylic acids is 1. The van der Waals surface area contributed by atoms with Gasteiger partial charge in [0.25, 0.3) is 5.91 Å². The van der Waals surface area contributed by atoms with Crippen molar-refractivity contribution in [3.8, 4) is 5.75 Å². The number of carbonyl (C=O) groups is 1. The summed E-state index contributed by atoms with van der Waals surface area (Å²) in [6, 6.07) is 13.6. The second kappa shape index (κ2) is 8.78. The predicted octanol–water partition coefficient (Wildman–Crippen LogP) is 2.94. The molecule has 0 bridgehead atoms. The molecule has 6 heteroatoms. The van der Waals surface area contributed by atoms with Crippen molar-refractivity contribution in [2.75, 3.05) is 20.3 Å². The maximum atomic E-state index is 14.1. The van der Waals surface area contributed by atoms with E-state index >= 15 is 0 Å². The van der Waals surface area contributed by atoms with Crippen LogP contribution in [0, 0.1) is 5.82 Å². The third-order valence-corrected chi connectivity index (χ3v) is 4.34. The van der Waals surface area contributed by atoms with Crippen molar-refractivity contribution in [1.29, 1.82) is 0 Å². The van der Waals surface area contributed by atoms with E-state index in [2.05, 4.69) is 5.32 Å². The summed E-state index contributed by atoms with van der Waals surface area (Å²) in [5, 5.41) is 2.83. The quantitative estimate of drug-likeness (QED) is 0.862. The molecule has 2 aromatic carbocycles. The molecule has 138 valence electrons. The molecule has 2 atom stereocenters. The van der Waals surface area contributed by atoms with Crippen LogP contribution in [-0.4, -0.2) is 38.4 Å². The minimum atomic E-state index is -0.625. The highest BCUT2D eigenvalue weighted by Gasteiger charge is 2.29. The maximum absolute atomic E-state index is 14.1. The third-order valence-electron chi connectivity index (χ3n) is 4.34. The first-order valence-corrected chi connectivity index (χ1v) is 8.55. The van der Waals surface area contributed by atoms with Gasteiger partial charge in [0.2, 0.25) is 0 Å². The monoisotopic (exact) mass is 359 g/mol. The summed E-state index contributed by atoms with van der Waals surface area (Å²) in [7, 11) is 1.45. The summed E-state index contributed by atoms with van der Waals surface area (Å²) in [5.74, 6) is -0.751. The smallest absolute Gasteiger partial charge is 0.254 e.